The molecule has 18 heavy (non-hydrogen) atoms. The maximum Gasteiger partial charge on any atom is 0.221 e. The van der Waals surface area contributed by atoms with Gasteiger partial charge in [0.25, 0.3) is 0 Å². The summed E-state index contributed by atoms with van der Waals surface area (Å²) in [6.45, 7) is -0.307. The molecule has 0 amide bonds. The normalized spacial score (nSPS) is 11.7. The Kier molecular flexibility index (Phi) is 4.83. The molecular formula is C13H12O5. The molecule has 5 nitrogen and oxygen atoms in total. The fourth-order valence-corrected chi connectivity index (χ4v) is 1.25. The molecule has 0 unspecified atom stereocenters. The van der Waals surface area contributed by atoms with Crippen LogP contribution in [0.4, 0.5) is 0 Å². The highest BCUT2D eigenvalue weighted by Gasteiger charge is 2.00. The quantitative estimate of drug-likeness (QED) is 0.238. The highest BCUT2D eigenvalue weighted by atomic mass is 16.3. The number of ketones is 1. The van der Waals surface area contributed by atoms with E-state index in [1.54, 1.807) is 6.07 Å². The average molecular weight is 248 g/mol. The summed E-state index contributed by atoms with van der Waals surface area (Å²) in [5.74, 6) is -1.21. The van der Waals surface area contributed by atoms with Gasteiger partial charge in [-0.3, -0.25) is 9.59 Å². The van der Waals surface area contributed by atoms with Crippen molar-refractivity contribution in [2.75, 3.05) is 0 Å². The third-order valence-electron chi connectivity index (χ3n) is 2.13. The van der Waals surface area contributed by atoms with Crippen LogP contribution in [0.3, 0.4) is 0 Å². The zero-order chi connectivity index (χ0) is 13.5. The molecule has 0 bridgehead atoms. The Hall–Kier alpha value is -2.40. The molecule has 0 fully saturated rings. The van der Waals surface area contributed by atoms with Crippen molar-refractivity contribution in [1.82, 2.24) is 0 Å². The summed E-state index contributed by atoms with van der Waals surface area (Å²) in [7, 11) is 0. The molecule has 1 aromatic rings. The molecule has 5 heteroatoms. The Labute approximate surface area is 103 Å². The van der Waals surface area contributed by atoms with Crippen LogP contribution >= 0.6 is 0 Å². The Morgan fingerprint density at radius 3 is 2.67 bits per heavy atom. The number of carbonyl (C=O) groups excluding carboxylic acids is 2. The van der Waals surface area contributed by atoms with Crippen LogP contribution in [0, 0.1) is 0 Å². The largest absolute Gasteiger partial charge is 0.508 e. The van der Waals surface area contributed by atoms with E-state index in [0.717, 1.165) is 6.08 Å². The first kappa shape index (κ1) is 13.7. The van der Waals surface area contributed by atoms with Crippen molar-refractivity contribution in [2.24, 2.45) is 0 Å². The van der Waals surface area contributed by atoms with Gasteiger partial charge in [-0.1, -0.05) is 12.1 Å². The summed E-state index contributed by atoms with van der Waals surface area (Å²) in [6, 6.07) is 4.50. The molecule has 3 N–H and O–H groups in total. The number of hydrogen-bond donors (Lipinski definition) is 3. The molecule has 0 aliphatic heterocycles. The summed E-state index contributed by atoms with van der Waals surface area (Å²) < 4.78 is 0. The smallest absolute Gasteiger partial charge is 0.221 e. The van der Waals surface area contributed by atoms with Crippen LogP contribution in [-0.4, -0.2) is 27.4 Å². The van der Waals surface area contributed by atoms with Crippen LogP contribution in [-0.2, 0) is 16.2 Å². The Morgan fingerprint density at radius 2 is 2.06 bits per heavy atom. The van der Waals surface area contributed by atoms with Gasteiger partial charge in [0.05, 0.1) is 6.61 Å². The van der Waals surface area contributed by atoms with Gasteiger partial charge in [-0.25, -0.2) is 0 Å². The molecule has 0 heterocycles. The van der Waals surface area contributed by atoms with Gasteiger partial charge in [-0.2, -0.15) is 0 Å². The van der Waals surface area contributed by atoms with Crippen molar-refractivity contribution >= 4 is 18.1 Å². The number of aldehydes is 1. The van der Waals surface area contributed by atoms with E-state index in [9.17, 15) is 19.8 Å². The lowest BCUT2D eigenvalue weighted by atomic mass is 10.1. The summed E-state index contributed by atoms with van der Waals surface area (Å²) in [5, 5.41) is 27.6. The van der Waals surface area contributed by atoms with E-state index >= 15 is 0 Å². The first-order valence-electron chi connectivity index (χ1n) is 5.07. The highest BCUT2D eigenvalue weighted by molar-refractivity contribution is 6.30. The molecular weight excluding hydrogens is 236 g/mol. The fraction of sp³-hybridized carbons (Fsp3) is 0.0769. The summed E-state index contributed by atoms with van der Waals surface area (Å²) in [4.78, 5) is 20.7. The van der Waals surface area contributed by atoms with Crippen molar-refractivity contribution in [3.05, 3.63) is 47.2 Å². The standard InChI is InChI=1S/C13H12O5/c14-7-10-5-9(2-4-13(10)18)1-3-11(16)6-12(17)8-15/h1-6,8,14,16,18H,7H2/b3-1+,11-6?. The van der Waals surface area contributed by atoms with Crippen molar-refractivity contribution < 1.29 is 24.9 Å². The van der Waals surface area contributed by atoms with Crippen LogP contribution < -0.4 is 0 Å². The second-order valence-corrected chi connectivity index (χ2v) is 3.47. The minimum atomic E-state index is -0.834. The average Bonchev–Trinajstić information content (AvgIpc) is 2.37. The predicted octanol–water partition coefficient (Wildman–Crippen LogP) is 1.11. The number of rotatable bonds is 5. The number of carbonyl (C=O) groups is 2. The topological polar surface area (TPSA) is 94.8 Å². The van der Waals surface area contributed by atoms with Gasteiger partial charge in [0.2, 0.25) is 5.78 Å². The SMILES string of the molecule is O=CC(=O)C=C(O)/C=C/c1ccc(O)c(CO)c1. The molecule has 0 saturated carbocycles. The molecule has 0 aliphatic rings. The lowest BCUT2D eigenvalue weighted by Gasteiger charge is -2.01. The minimum Gasteiger partial charge on any atom is -0.508 e. The fourth-order valence-electron chi connectivity index (χ4n) is 1.25. The first-order valence-corrected chi connectivity index (χ1v) is 5.07. The molecule has 0 aromatic heterocycles. The van der Waals surface area contributed by atoms with Crippen LogP contribution in [0.15, 0.2) is 36.1 Å². The zero-order valence-electron chi connectivity index (χ0n) is 9.41. The van der Waals surface area contributed by atoms with E-state index in [1.807, 2.05) is 0 Å². The maximum atomic E-state index is 10.7. The number of benzene rings is 1. The van der Waals surface area contributed by atoms with E-state index < -0.39 is 5.78 Å². The first-order chi connectivity index (χ1) is 8.56. The van der Waals surface area contributed by atoms with Crippen LogP contribution in [0.25, 0.3) is 6.08 Å². The molecule has 1 rings (SSSR count). The number of aliphatic hydroxyl groups is 2. The predicted molar refractivity (Wildman–Crippen MR) is 64.8 cm³/mol. The van der Waals surface area contributed by atoms with E-state index in [4.69, 9.17) is 5.11 Å². The number of aromatic hydroxyl groups is 1. The number of hydrogen-bond acceptors (Lipinski definition) is 5. The van der Waals surface area contributed by atoms with Gasteiger partial charge in [0, 0.05) is 11.6 Å². The lowest BCUT2D eigenvalue weighted by Crippen LogP contribution is -1.94. The van der Waals surface area contributed by atoms with Crippen molar-refractivity contribution in [1.29, 1.82) is 0 Å². The Morgan fingerprint density at radius 1 is 1.33 bits per heavy atom. The third kappa shape index (κ3) is 3.88. The minimum absolute atomic E-state index is 0.0226. The van der Waals surface area contributed by atoms with Crippen molar-refractivity contribution in [2.45, 2.75) is 6.61 Å². The molecule has 94 valence electrons. The third-order valence-corrected chi connectivity index (χ3v) is 2.13. The Balaban J connectivity index is 2.87. The highest BCUT2D eigenvalue weighted by Crippen LogP contribution is 2.19. The number of allylic oxidation sites excluding steroid dienone is 2. The lowest BCUT2D eigenvalue weighted by molar-refractivity contribution is -0.126. The molecule has 0 saturated heterocycles. The van der Waals surface area contributed by atoms with E-state index in [1.165, 1.54) is 24.3 Å². The molecule has 0 atom stereocenters. The second-order valence-electron chi connectivity index (χ2n) is 3.47. The zero-order valence-corrected chi connectivity index (χ0v) is 9.41. The summed E-state index contributed by atoms with van der Waals surface area (Å²) in [5.41, 5.74) is 0.972. The summed E-state index contributed by atoms with van der Waals surface area (Å²) in [6.07, 6.45) is 3.59. The molecule has 0 aliphatic carbocycles. The molecule has 0 spiro atoms. The number of aliphatic hydroxyl groups excluding tert-OH is 2. The van der Waals surface area contributed by atoms with Gasteiger partial charge in [0.15, 0.2) is 6.29 Å². The van der Waals surface area contributed by atoms with E-state index in [-0.39, 0.29) is 24.4 Å². The monoisotopic (exact) mass is 248 g/mol. The maximum absolute atomic E-state index is 10.7. The van der Waals surface area contributed by atoms with Crippen LogP contribution in [0.2, 0.25) is 0 Å². The van der Waals surface area contributed by atoms with Gasteiger partial charge >= 0.3 is 0 Å². The van der Waals surface area contributed by atoms with Gasteiger partial charge < -0.3 is 15.3 Å². The Bertz CT molecular complexity index is 514. The molecule has 1 aromatic carbocycles. The van der Waals surface area contributed by atoms with Crippen LogP contribution in [0.5, 0.6) is 5.75 Å². The second kappa shape index (κ2) is 6.36. The van der Waals surface area contributed by atoms with Crippen molar-refractivity contribution in [3.63, 3.8) is 0 Å². The van der Waals surface area contributed by atoms with Gasteiger partial charge in [0.1, 0.15) is 11.5 Å². The summed E-state index contributed by atoms with van der Waals surface area (Å²) >= 11 is 0. The van der Waals surface area contributed by atoms with Gasteiger partial charge in [-0.15, -0.1) is 0 Å². The molecule has 0 radical (unpaired) electrons. The van der Waals surface area contributed by atoms with Crippen molar-refractivity contribution in [3.8, 4) is 5.75 Å². The van der Waals surface area contributed by atoms with Gasteiger partial charge in [-0.05, 0) is 23.8 Å². The van der Waals surface area contributed by atoms with Crippen LogP contribution in [0.1, 0.15) is 11.1 Å². The van der Waals surface area contributed by atoms with E-state index in [0.29, 0.717) is 11.1 Å². The number of phenols is 1. The van der Waals surface area contributed by atoms with E-state index in [2.05, 4.69) is 0 Å².